The molecule has 7 heteroatoms. The molecule has 1 unspecified atom stereocenters. The van der Waals surface area contributed by atoms with Gasteiger partial charge in [0.25, 0.3) is 0 Å². The van der Waals surface area contributed by atoms with Gasteiger partial charge in [0.15, 0.2) is 0 Å². The third-order valence-corrected chi connectivity index (χ3v) is 7.38. The highest BCUT2D eigenvalue weighted by Gasteiger charge is 2.28. The van der Waals surface area contributed by atoms with E-state index in [0.29, 0.717) is 34.5 Å². The van der Waals surface area contributed by atoms with Crippen molar-refractivity contribution in [3.63, 3.8) is 0 Å². The van der Waals surface area contributed by atoms with Gasteiger partial charge < -0.3 is 14.4 Å². The molecule has 0 bridgehead atoms. The number of aromatic nitrogens is 2. The van der Waals surface area contributed by atoms with Gasteiger partial charge in [-0.05, 0) is 79.1 Å². The molecular weight excluding hydrogens is 555 g/mol. The van der Waals surface area contributed by atoms with Crippen LogP contribution in [-0.2, 0) is 11.3 Å². The zero-order valence-corrected chi connectivity index (χ0v) is 24.3. The van der Waals surface area contributed by atoms with Gasteiger partial charge in [-0.2, -0.15) is 0 Å². The van der Waals surface area contributed by atoms with Gasteiger partial charge >= 0.3 is 5.97 Å². The van der Waals surface area contributed by atoms with Gasteiger partial charge in [0.1, 0.15) is 11.4 Å². The molecule has 5 nitrogen and oxygen atoms in total. The van der Waals surface area contributed by atoms with Crippen LogP contribution < -0.4 is 0 Å². The fourth-order valence-electron chi connectivity index (χ4n) is 4.85. The highest BCUT2D eigenvalue weighted by atomic mass is 35.5. The molecule has 1 heterocycles. The van der Waals surface area contributed by atoms with Gasteiger partial charge in [-0.15, -0.1) is 0 Å². The number of allylic oxidation sites excluding steroid dienone is 2. The van der Waals surface area contributed by atoms with E-state index in [1.54, 1.807) is 24.3 Å². The van der Waals surface area contributed by atoms with Gasteiger partial charge in [-0.3, -0.25) is 0 Å². The minimum absolute atomic E-state index is 0.00639. The SMILES string of the molecule is CC(C)OC1(C=Cc2nc(-c3ccc(Cl)cc3Cl)cn2Cc2ccc(C(=O)O)cc2)C=CC(c2ccccc2)=CC1. The van der Waals surface area contributed by atoms with Gasteiger partial charge in [-0.1, -0.05) is 77.8 Å². The molecule has 1 aliphatic rings. The summed E-state index contributed by atoms with van der Waals surface area (Å²) in [5.41, 5.74) is 4.35. The molecule has 0 spiro atoms. The van der Waals surface area contributed by atoms with E-state index in [4.69, 9.17) is 32.9 Å². The Bertz CT molecular complexity index is 1640. The second kappa shape index (κ2) is 12.3. The molecule has 0 saturated carbocycles. The van der Waals surface area contributed by atoms with Crippen LogP contribution in [0.15, 0.2) is 103 Å². The summed E-state index contributed by atoms with van der Waals surface area (Å²) in [5, 5.41) is 10.3. The van der Waals surface area contributed by atoms with E-state index in [0.717, 1.165) is 16.7 Å². The first-order valence-corrected chi connectivity index (χ1v) is 14.1. The van der Waals surface area contributed by atoms with Gasteiger partial charge in [0, 0.05) is 29.7 Å². The second-order valence-corrected chi connectivity index (χ2v) is 11.1. The molecular formula is C34H30Cl2N2O3. The van der Waals surface area contributed by atoms with Crippen molar-refractivity contribution in [2.24, 2.45) is 0 Å². The molecule has 0 radical (unpaired) electrons. The lowest BCUT2D eigenvalue weighted by atomic mass is 9.88. The van der Waals surface area contributed by atoms with E-state index in [2.05, 4.69) is 36.4 Å². The Morgan fingerprint density at radius 1 is 1.10 bits per heavy atom. The number of carboxylic acids is 1. The van der Waals surface area contributed by atoms with Crippen molar-refractivity contribution >= 4 is 40.8 Å². The fourth-order valence-corrected chi connectivity index (χ4v) is 5.36. The number of halogens is 2. The van der Waals surface area contributed by atoms with Crippen LogP contribution in [0.25, 0.3) is 22.9 Å². The number of hydrogen-bond acceptors (Lipinski definition) is 3. The minimum Gasteiger partial charge on any atom is -0.478 e. The van der Waals surface area contributed by atoms with Crippen LogP contribution in [0.3, 0.4) is 0 Å². The summed E-state index contributed by atoms with van der Waals surface area (Å²) in [6.07, 6.45) is 13.1. The molecule has 0 aliphatic heterocycles. The first kappa shape index (κ1) is 28.6. The Morgan fingerprint density at radius 2 is 1.85 bits per heavy atom. The number of imidazole rings is 1. The summed E-state index contributed by atoms with van der Waals surface area (Å²) in [6.45, 7) is 4.55. The molecule has 4 aromatic rings. The molecule has 3 aromatic carbocycles. The van der Waals surface area contributed by atoms with Crippen LogP contribution in [0.1, 0.15) is 47.6 Å². The van der Waals surface area contributed by atoms with Crippen LogP contribution in [0.2, 0.25) is 10.0 Å². The molecule has 0 amide bonds. The average molecular weight is 586 g/mol. The summed E-state index contributed by atoms with van der Waals surface area (Å²) >= 11 is 12.7. The minimum atomic E-state index is -0.956. The summed E-state index contributed by atoms with van der Waals surface area (Å²) in [5.74, 6) is -0.241. The molecule has 5 rings (SSSR count). The molecule has 1 atom stereocenters. The lowest BCUT2D eigenvalue weighted by Crippen LogP contribution is -2.31. The number of rotatable bonds is 9. The highest BCUT2D eigenvalue weighted by Crippen LogP contribution is 2.34. The molecule has 0 saturated heterocycles. The number of aromatic carboxylic acids is 1. The largest absolute Gasteiger partial charge is 0.478 e. The Morgan fingerprint density at radius 3 is 2.49 bits per heavy atom. The monoisotopic (exact) mass is 584 g/mol. The maximum absolute atomic E-state index is 11.3. The topological polar surface area (TPSA) is 64.4 Å². The Balaban J connectivity index is 1.50. The van der Waals surface area contributed by atoms with Gasteiger partial charge in [-0.25, -0.2) is 9.78 Å². The van der Waals surface area contributed by atoms with Crippen molar-refractivity contribution in [3.05, 3.63) is 136 Å². The zero-order valence-electron chi connectivity index (χ0n) is 22.8. The number of carbonyl (C=O) groups is 1. The zero-order chi connectivity index (χ0) is 29.0. The van der Waals surface area contributed by atoms with Crippen LogP contribution >= 0.6 is 23.2 Å². The summed E-state index contributed by atoms with van der Waals surface area (Å²) in [4.78, 5) is 16.2. The van der Waals surface area contributed by atoms with E-state index in [9.17, 15) is 9.90 Å². The predicted octanol–water partition coefficient (Wildman–Crippen LogP) is 8.82. The highest BCUT2D eigenvalue weighted by molar-refractivity contribution is 6.36. The molecule has 1 N–H and O–H groups in total. The lowest BCUT2D eigenvalue weighted by Gasteiger charge is -2.32. The molecule has 1 aliphatic carbocycles. The van der Waals surface area contributed by atoms with Crippen molar-refractivity contribution in [1.82, 2.24) is 9.55 Å². The van der Waals surface area contributed by atoms with E-state index >= 15 is 0 Å². The standard InChI is InChI=1S/C34H30Cl2N2O3/c1-23(2)41-34(17-14-26(15-18-34)25-6-4-3-5-7-25)19-16-32-37-31(29-13-12-28(35)20-30(29)36)22-38(32)21-24-8-10-27(11-9-24)33(39)40/h3-17,19-20,22-23H,18,21H2,1-2H3,(H,39,40). The number of benzene rings is 3. The number of nitrogens with zero attached hydrogens (tertiary/aromatic N) is 2. The molecule has 41 heavy (non-hydrogen) atoms. The molecule has 208 valence electrons. The van der Waals surface area contributed by atoms with Crippen LogP contribution in [0, 0.1) is 0 Å². The fraction of sp³-hybridized carbons (Fsp3) is 0.176. The summed E-state index contributed by atoms with van der Waals surface area (Å²) in [7, 11) is 0. The normalized spacial score (nSPS) is 16.9. The summed E-state index contributed by atoms with van der Waals surface area (Å²) < 4.78 is 8.48. The van der Waals surface area contributed by atoms with Gasteiger partial charge in [0.05, 0.1) is 22.4 Å². The van der Waals surface area contributed by atoms with E-state index in [-0.39, 0.29) is 11.7 Å². The van der Waals surface area contributed by atoms with Gasteiger partial charge in [0.2, 0.25) is 0 Å². The lowest BCUT2D eigenvalue weighted by molar-refractivity contribution is -0.0136. The average Bonchev–Trinajstić information content (AvgIpc) is 3.35. The van der Waals surface area contributed by atoms with Crippen LogP contribution in [0.4, 0.5) is 0 Å². The second-order valence-electron chi connectivity index (χ2n) is 10.3. The van der Waals surface area contributed by atoms with Crippen LogP contribution in [0.5, 0.6) is 0 Å². The van der Waals surface area contributed by atoms with Crippen molar-refractivity contribution in [2.75, 3.05) is 0 Å². The quantitative estimate of drug-likeness (QED) is 0.213. The first-order chi connectivity index (χ1) is 19.7. The van der Waals surface area contributed by atoms with Crippen LogP contribution in [-0.4, -0.2) is 32.3 Å². The smallest absolute Gasteiger partial charge is 0.335 e. The Hall–Kier alpha value is -3.90. The van der Waals surface area contributed by atoms with Crippen molar-refractivity contribution in [1.29, 1.82) is 0 Å². The molecule has 0 fully saturated rings. The predicted molar refractivity (Wildman–Crippen MR) is 166 cm³/mol. The maximum atomic E-state index is 11.3. The van der Waals surface area contributed by atoms with E-state index in [1.807, 2.05) is 67.1 Å². The Kier molecular flexibility index (Phi) is 8.60. The van der Waals surface area contributed by atoms with E-state index in [1.165, 1.54) is 5.56 Å². The van der Waals surface area contributed by atoms with Crippen molar-refractivity contribution in [3.8, 4) is 11.3 Å². The number of carboxylic acid groups (broad SMARTS) is 1. The third kappa shape index (κ3) is 6.88. The Labute approximate surface area is 250 Å². The van der Waals surface area contributed by atoms with Crippen molar-refractivity contribution < 1.29 is 14.6 Å². The number of ether oxygens (including phenoxy) is 1. The van der Waals surface area contributed by atoms with Crippen molar-refractivity contribution in [2.45, 2.75) is 38.5 Å². The van der Waals surface area contributed by atoms with E-state index < -0.39 is 11.6 Å². The molecule has 1 aromatic heterocycles. The summed E-state index contributed by atoms with van der Waals surface area (Å²) in [6, 6.07) is 22.5. The first-order valence-electron chi connectivity index (χ1n) is 13.4. The third-order valence-electron chi connectivity index (χ3n) is 6.83. The maximum Gasteiger partial charge on any atom is 0.335 e. The number of hydrogen-bond donors (Lipinski definition) is 1.